The van der Waals surface area contributed by atoms with Gasteiger partial charge in [-0.05, 0) is 31.6 Å². The summed E-state index contributed by atoms with van der Waals surface area (Å²) in [7, 11) is 0. The second kappa shape index (κ2) is 5.13. The number of hydrogen-bond acceptors (Lipinski definition) is 2. The fourth-order valence-corrected chi connectivity index (χ4v) is 1.61. The summed E-state index contributed by atoms with van der Waals surface area (Å²) in [5, 5.41) is 0. The molecule has 0 spiro atoms. The zero-order valence-corrected chi connectivity index (χ0v) is 10.7. The summed E-state index contributed by atoms with van der Waals surface area (Å²) in [6, 6.07) is 0. The van der Waals surface area contributed by atoms with Crippen molar-refractivity contribution in [2.45, 2.75) is 60.5 Å². The van der Waals surface area contributed by atoms with Crippen molar-refractivity contribution in [2.24, 2.45) is 5.41 Å². The van der Waals surface area contributed by atoms with E-state index in [4.69, 9.17) is 9.78 Å². The highest BCUT2D eigenvalue weighted by Gasteiger charge is 2.27. The lowest BCUT2D eigenvalue weighted by Crippen LogP contribution is -2.30. The summed E-state index contributed by atoms with van der Waals surface area (Å²) < 4.78 is 0. The molecule has 0 saturated carbocycles. The van der Waals surface area contributed by atoms with Crippen molar-refractivity contribution in [3.05, 3.63) is 5.92 Å². The zero-order chi connectivity index (χ0) is 11.4. The van der Waals surface area contributed by atoms with Crippen LogP contribution >= 0.6 is 0 Å². The molecule has 14 heavy (non-hydrogen) atoms. The van der Waals surface area contributed by atoms with E-state index < -0.39 is 0 Å². The molecule has 0 heterocycles. The van der Waals surface area contributed by atoms with Gasteiger partial charge in [0.2, 0.25) is 0 Å². The summed E-state index contributed by atoms with van der Waals surface area (Å²) in [5.74, 6) is 1.22. The van der Waals surface area contributed by atoms with Crippen LogP contribution in [0.1, 0.15) is 54.9 Å². The first-order valence-corrected chi connectivity index (χ1v) is 5.22. The van der Waals surface area contributed by atoms with Crippen LogP contribution in [0.3, 0.4) is 0 Å². The van der Waals surface area contributed by atoms with Crippen molar-refractivity contribution in [1.82, 2.24) is 0 Å². The Labute approximate surface area is 88.9 Å². The maximum absolute atomic E-state index is 5.40. The van der Waals surface area contributed by atoms with Crippen LogP contribution in [-0.2, 0) is 9.78 Å². The van der Waals surface area contributed by atoms with Crippen molar-refractivity contribution in [1.29, 1.82) is 0 Å². The predicted octanol–water partition coefficient (Wildman–Crippen LogP) is 3.76. The van der Waals surface area contributed by atoms with Crippen LogP contribution in [0, 0.1) is 11.3 Å². The summed E-state index contributed by atoms with van der Waals surface area (Å²) in [5.41, 5.74) is 0.0472. The first-order chi connectivity index (χ1) is 6.12. The molecule has 0 amide bonds. The van der Waals surface area contributed by atoms with Crippen molar-refractivity contribution < 1.29 is 9.78 Å². The highest BCUT2D eigenvalue weighted by molar-refractivity contribution is 4.77. The van der Waals surface area contributed by atoms with Crippen molar-refractivity contribution in [2.75, 3.05) is 6.61 Å². The van der Waals surface area contributed by atoms with Gasteiger partial charge in [-0.2, -0.15) is 0 Å². The Morgan fingerprint density at radius 1 is 1.00 bits per heavy atom. The van der Waals surface area contributed by atoms with Crippen molar-refractivity contribution in [3.8, 4) is 0 Å². The normalized spacial score (nSPS) is 13.7. The van der Waals surface area contributed by atoms with Crippen LogP contribution in [0.2, 0.25) is 0 Å². The topological polar surface area (TPSA) is 18.5 Å². The maximum Gasteiger partial charge on any atom is 0.0985 e. The molecule has 85 valence electrons. The molecule has 0 saturated heterocycles. The SMILES string of the molecule is C[C](C)COOC(C)(C)CC(C)(C)C. The summed E-state index contributed by atoms with van der Waals surface area (Å²) >= 11 is 0. The Bertz CT molecular complexity index is 154. The van der Waals surface area contributed by atoms with Gasteiger partial charge in [-0.3, -0.25) is 0 Å². The van der Waals surface area contributed by atoms with E-state index in [1.54, 1.807) is 0 Å². The molecule has 1 radical (unpaired) electrons. The Kier molecular flexibility index (Phi) is 5.10. The van der Waals surface area contributed by atoms with Crippen molar-refractivity contribution in [3.63, 3.8) is 0 Å². The van der Waals surface area contributed by atoms with E-state index in [1.807, 2.05) is 13.8 Å². The largest absolute Gasteiger partial charge is 0.236 e. The Balaban J connectivity index is 3.84. The van der Waals surface area contributed by atoms with Crippen molar-refractivity contribution >= 4 is 0 Å². The van der Waals surface area contributed by atoms with E-state index in [0.29, 0.717) is 6.61 Å². The van der Waals surface area contributed by atoms with Gasteiger partial charge in [0.1, 0.15) is 0 Å². The Hall–Kier alpha value is -0.0800. The van der Waals surface area contributed by atoms with Gasteiger partial charge < -0.3 is 0 Å². The highest BCUT2D eigenvalue weighted by Crippen LogP contribution is 2.29. The average molecular weight is 201 g/mol. The third-order valence-corrected chi connectivity index (χ3v) is 1.59. The Morgan fingerprint density at radius 2 is 1.50 bits per heavy atom. The first kappa shape index (κ1) is 13.9. The minimum absolute atomic E-state index is 0.215. The van der Waals surface area contributed by atoms with Crippen LogP contribution in [0.5, 0.6) is 0 Å². The van der Waals surface area contributed by atoms with Gasteiger partial charge in [-0.25, -0.2) is 9.78 Å². The first-order valence-electron chi connectivity index (χ1n) is 5.22. The van der Waals surface area contributed by atoms with E-state index in [2.05, 4.69) is 34.6 Å². The summed E-state index contributed by atoms with van der Waals surface area (Å²) in [6.45, 7) is 15.4. The monoisotopic (exact) mass is 201 g/mol. The average Bonchev–Trinajstić information content (AvgIpc) is 1.78. The molecule has 0 bridgehead atoms. The molecule has 0 fully saturated rings. The molecular formula is C12H25O2. The Morgan fingerprint density at radius 3 is 1.86 bits per heavy atom. The molecule has 0 unspecified atom stereocenters. The van der Waals surface area contributed by atoms with Crippen LogP contribution in [0.25, 0.3) is 0 Å². The number of rotatable bonds is 5. The van der Waals surface area contributed by atoms with E-state index in [1.165, 1.54) is 5.92 Å². The number of hydrogen-bond donors (Lipinski definition) is 0. The maximum atomic E-state index is 5.40. The molecule has 0 aromatic carbocycles. The van der Waals surface area contributed by atoms with Gasteiger partial charge in [-0.1, -0.05) is 34.6 Å². The second-order valence-corrected chi connectivity index (χ2v) is 6.05. The molecule has 2 nitrogen and oxygen atoms in total. The molecule has 0 rings (SSSR count). The molecule has 0 aromatic heterocycles. The highest BCUT2D eigenvalue weighted by atomic mass is 17.2. The third kappa shape index (κ3) is 8.52. The van der Waals surface area contributed by atoms with E-state index in [-0.39, 0.29) is 11.0 Å². The lowest BCUT2D eigenvalue weighted by molar-refractivity contribution is -0.354. The molecule has 0 aliphatic rings. The minimum Gasteiger partial charge on any atom is -0.236 e. The lowest BCUT2D eigenvalue weighted by atomic mass is 9.84. The molecule has 0 N–H and O–H groups in total. The van der Waals surface area contributed by atoms with Gasteiger partial charge in [0.25, 0.3) is 0 Å². The van der Waals surface area contributed by atoms with Gasteiger partial charge in [-0.15, -0.1) is 0 Å². The molecule has 2 heteroatoms. The molecule has 0 aromatic rings. The van der Waals surface area contributed by atoms with Gasteiger partial charge >= 0.3 is 0 Å². The summed E-state index contributed by atoms with van der Waals surface area (Å²) in [4.78, 5) is 10.6. The van der Waals surface area contributed by atoms with E-state index >= 15 is 0 Å². The van der Waals surface area contributed by atoms with Gasteiger partial charge in [0, 0.05) is 0 Å². The third-order valence-electron chi connectivity index (χ3n) is 1.59. The summed E-state index contributed by atoms with van der Waals surface area (Å²) in [6.07, 6.45) is 0.975. The zero-order valence-electron chi connectivity index (χ0n) is 10.7. The fraction of sp³-hybridized carbons (Fsp3) is 0.917. The minimum atomic E-state index is -0.215. The molecule has 0 atom stereocenters. The van der Waals surface area contributed by atoms with Crippen LogP contribution in [0.4, 0.5) is 0 Å². The van der Waals surface area contributed by atoms with Crippen LogP contribution < -0.4 is 0 Å². The standard InChI is InChI=1S/C12H25O2/c1-10(2)8-13-14-12(6,7)9-11(3,4)5/h8-9H2,1-7H3. The predicted molar refractivity (Wildman–Crippen MR) is 59.8 cm³/mol. The molecule has 0 aliphatic carbocycles. The molecule has 0 aliphatic heterocycles. The van der Waals surface area contributed by atoms with E-state index in [0.717, 1.165) is 6.42 Å². The lowest BCUT2D eigenvalue weighted by Gasteiger charge is -2.31. The fourth-order valence-electron chi connectivity index (χ4n) is 1.61. The molecular weight excluding hydrogens is 176 g/mol. The quantitative estimate of drug-likeness (QED) is 0.498. The second-order valence-electron chi connectivity index (χ2n) is 6.05. The smallest absolute Gasteiger partial charge is 0.0985 e. The van der Waals surface area contributed by atoms with Crippen LogP contribution in [-0.4, -0.2) is 12.2 Å². The van der Waals surface area contributed by atoms with Gasteiger partial charge in [0.15, 0.2) is 0 Å². The van der Waals surface area contributed by atoms with E-state index in [9.17, 15) is 0 Å². The van der Waals surface area contributed by atoms with Gasteiger partial charge in [0.05, 0.1) is 12.2 Å². The van der Waals surface area contributed by atoms with Crippen LogP contribution in [0.15, 0.2) is 0 Å².